The van der Waals surface area contributed by atoms with Crippen molar-refractivity contribution in [1.29, 1.82) is 0 Å². The third-order valence-electron chi connectivity index (χ3n) is 5.29. The third kappa shape index (κ3) is 7.50. The van der Waals surface area contributed by atoms with Crippen molar-refractivity contribution in [3.05, 3.63) is 29.8 Å². The first-order valence-corrected chi connectivity index (χ1v) is 10.5. The van der Waals surface area contributed by atoms with E-state index in [-0.39, 0.29) is 5.91 Å². The average Bonchev–Trinajstić information content (AvgIpc) is 2.93. The van der Waals surface area contributed by atoms with Gasteiger partial charge in [0.25, 0.3) is 0 Å². The fraction of sp³-hybridized carbons (Fsp3) is 0.636. The van der Waals surface area contributed by atoms with E-state index >= 15 is 0 Å². The summed E-state index contributed by atoms with van der Waals surface area (Å²) in [6.45, 7) is 10.1. The predicted octanol–water partition coefficient (Wildman–Crippen LogP) is 3.21. The second kappa shape index (κ2) is 11.7. The van der Waals surface area contributed by atoms with Crippen molar-refractivity contribution in [1.82, 2.24) is 15.5 Å². The Kier molecular flexibility index (Phi) is 9.28. The fourth-order valence-corrected chi connectivity index (χ4v) is 3.78. The smallest absolute Gasteiger partial charge is 0.221 e. The fourth-order valence-electron chi connectivity index (χ4n) is 3.78. The quantitative estimate of drug-likeness (QED) is 0.496. The number of anilines is 1. The molecule has 156 valence electrons. The Bertz CT molecular complexity index is 636. The SMILES string of the molecule is CN=C(NCc1cccc(NC(C)=O)c1)NCC(C(C)C)N1CCCCCC1. The standard InChI is InChI=1S/C22H37N5O/c1-17(2)21(27-12-7-5-6-8-13-27)16-25-22(23-4)24-15-19-10-9-11-20(14-19)26-18(3)28/h9-11,14,17,21H,5-8,12-13,15-16H2,1-4H3,(H,26,28)(H2,23,24,25). The van der Waals surface area contributed by atoms with Gasteiger partial charge in [0.05, 0.1) is 0 Å². The molecule has 0 aliphatic carbocycles. The van der Waals surface area contributed by atoms with Crippen LogP contribution in [0, 0.1) is 5.92 Å². The van der Waals surface area contributed by atoms with Crippen LogP contribution >= 0.6 is 0 Å². The maximum Gasteiger partial charge on any atom is 0.221 e. The molecule has 3 N–H and O–H groups in total. The van der Waals surface area contributed by atoms with E-state index in [1.807, 2.05) is 24.3 Å². The maximum absolute atomic E-state index is 11.2. The van der Waals surface area contributed by atoms with Crippen LogP contribution in [0.5, 0.6) is 0 Å². The van der Waals surface area contributed by atoms with E-state index in [9.17, 15) is 4.79 Å². The molecule has 28 heavy (non-hydrogen) atoms. The van der Waals surface area contributed by atoms with Crippen molar-refractivity contribution in [2.45, 2.75) is 59.0 Å². The molecule has 1 aliphatic heterocycles. The number of hydrogen-bond acceptors (Lipinski definition) is 3. The number of carbonyl (C=O) groups is 1. The number of rotatable bonds is 7. The summed E-state index contributed by atoms with van der Waals surface area (Å²) < 4.78 is 0. The van der Waals surface area contributed by atoms with Gasteiger partial charge in [-0.2, -0.15) is 0 Å². The molecular formula is C22H37N5O. The van der Waals surface area contributed by atoms with Gasteiger partial charge in [0.2, 0.25) is 5.91 Å². The highest BCUT2D eigenvalue weighted by Crippen LogP contribution is 2.17. The molecule has 6 nitrogen and oxygen atoms in total. The van der Waals surface area contributed by atoms with Crippen LogP contribution in [-0.4, -0.2) is 49.5 Å². The molecule has 1 amide bonds. The molecule has 1 heterocycles. The molecule has 1 saturated heterocycles. The van der Waals surface area contributed by atoms with Gasteiger partial charge in [-0.05, 0) is 49.5 Å². The Morgan fingerprint density at radius 3 is 2.46 bits per heavy atom. The van der Waals surface area contributed by atoms with Gasteiger partial charge in [0.15, 0.2) is 5.96 Å². The zero-order chi connectivity index (χ0) is 20.4. The van der Waals surface area contributed by atoms with E-state index in [0.717, 1.165) is 23.8 Å². The van der Waals surface area contributed by atoms with Crippen molar-refractivity contribution in [2.75, 3.05) is 32.0 Å². The summed E-state index contributed by atoms with van der Waals surface area (Å²) in [4.78, 5) is 18.3. The summed E-state index contributed by atoms with van der Waals surface area (Å²) in [7, 11) is 1.80. The molecule has 0 bridgehead atoms. The molecule has 1 fully saturated rings. The van der Waals surface area contributed by atoms with Crippen molar-refractivity contribution >= 4 is 17.6 Å². The highest BCUT2D eigenvalue weighted by molar-refractivity contribution is 5.88. The summed E-state index contributed by atoms with van der Waals surface area (Å²) >= 11 is 0. The second-order valence-electron chi connectivity index (χ2n) is 7.95. The zero-order valence-electron chi connectivity index (χ0n) is 17.9. The van der Waals surface area contributed by atoms with E-state index in [1.54, 1.807) is 7.05 Å². The lowest BCUT2D eigenvalue weighted by atomic mass is 10.0. The molecule has 0 radical (unpaired) electrons. The summed E-state index contributed by atoms with van der Waals surface area (Å²) in [5, 5.41) is 9.72. The number of aliphatic imine (C=N–C) groups is 1. The molecule has 1 unspecified atom stereocenters. The van der Waals surface area contributed by atoms with E-state index < -0.39 is 0 Å². The Labute approximate surface area is 170 Å². The summed E-state index contributed by atoms with van der Waals surface area (Å²) in [5.41, 5.74) is 1.91. The second-order valence-corrected chi connectivity index (χ2v) is 7.95. The molecular weight excluding hydrogens is 350 g/mol. The molecule has 1 aromatic carbocycles. The Morgan fingerprint density at radius 2 is 1.86 bits per heavy atom. The van der Waals surface area contributed by atoms with Crippen molar-refractivity contribution < 1.29 is 4.79 Å². The lowest BCUT2D eigenvalue weighted by molar-refractivity contribution is -0.114. The molecule has 0 aromatic heterocycles. The van der Waals surface area contributed by atoms with Gasteiger partial charge in [-0.25, -0.2) is 0 Å². The van der Waals surface area contributed by atoms with E-state index in [2.05, 4.69) is 39.7 Å². The first-order valence-electron chi connectivity index (χ1n) is 10.5. The third-order valence-corrected chi connectivity index (χ3v) is 5.29. The number of amides is 1. The van der Waals surface area contributed by atoms with E-state index in [4.69, 9.17) is 0 Å². The number of nitrogens with one attached hydrogen (secondary N) is 3. The monoisotopic (exact) mass is 387 g/mol. The minimum Gasteiger partial charge on any atom is -0.355 e. The number of likely N-dealkylation sites (tertiary alicyclic amines) is 1. The Morgan fingerprint density at radius 1 is 1.14 bits per heavy atom. The number of carbonyl (C=O) groups excluding carboxylic acids is 1. The number of nitrogens with zero attached hydrogens (tertiary/aromatic N) is 2. The molecule has 1 aliphatic rings. The molecule has 1 atom stereocenters. The van der Waals surface area contributed by atoms with E-state index in [1.165, 1.54) is 45.7 Å². The highest BCUT2D eigenvalue weighted by atomic mass is 16.1. The van der Waals surface area contributed by atoms with Gasteiger partial charge in [0.1, 0.15) is 0 Å². The maximum atomic E-state index is 11.2. The summed E-state index contributed by atoms with van der Waals surface area (Å²) in [6.07, 6.45) is 5.33. The zero-order valence-corrected chi connectivity index (χ0v) is 17.9. The van der Waals surface area contributed by atoms with Gasteiger partial charge < -0.3 is 16.0 Å². The topological polar surface area (TPSA) is 68.8 Å². The lowest BCUT2D eigenvalue weighted by Crippen LogP contribution is -2.49. The molecule has 6 heteroatoms. The molecule has 1 aromatic rings. The normalized spacial score (nSPS) is 17.1. The van der Waals surface area contributed by atoms with Crippen LogP contribution in [0.1, 0.15) is 52.0 Å². The summed E-state index contributed by atoms with van der Waals surface area (Å²) in [6, 6.07) is 8.38. The van der Waals surface area contributed by atoms with Crippen LogP contribution in [0.25, 0.3) is 0 Å². The van der Waals surface area contributed by atoms with Gasteiger partial charge in [-0.1, -0.05) is 38.8 Å². The molecule has 0 saturated carbocycles. The van der Waals surface area contributed by atoms with Crippen LogP contribution in [0.15, 0.2) is 29.3 Å². The van der Waals surface area contributed by atoms with Crippen LogP contribution in [0.4, 0.5) is 5.69 Å². The van der Waals surface area contributed by atoms with Crippen molar-refractivity contribution in [2.24, 2.45) is 10.9 Å². The van der Waals surface area contributed by atoms with E-state index in [0.29, 0.717) is 18.5 Å². The first-order chi connectivity index (χ1) is 13.5. The Balaban J connectivity index is 1.88. The van der Waals surface area contributed by atoms with Crippen LogP contribution in [0.2, 0.25) is 0 Å². The average molecular weight is 388 g/mol. The number of benzene rings is 1. The van der Waals surface area contributed by atoms with Crippen molar-refractivity contribution in [3.63, 3.8) is 0 Å². The predicted molar refractivity (Wildman–Crippen MR) is 118 cm³/mol. The van der Waals surface area contributed by atoms with Crippen LogP contribution in [-0.2, 0) is 11.3 Å². The highest BCUT2D eigenvalue weighted by Gasteiger charge is 2.22. The summed E-state index contributed by atoms with van der Waals surface area (Å²) in [5.74, 6) is 1.35. The minimum absolute atomic E-state index is 0.0594. The van der Waals surface area contributed by atoms with Gasteiger partial charge in [-0.15, -0.1) is 0 Å². The largest absolute Gasteiger partial charge is 0.355 e. The van der Waals surface area contributed by atoms with Crippen LogP contribution in [0.3, 0.4) is 0 Å². The number of hydrogen-bond donors (Lipinski definition) is 3. The van der Waals surface area contributed by atoms with Gasteiger partial charge in [-0.3, -0.25) is 14.7 Å². The molecule has 2 rings (SSSR count). The Hall–Kier alpha value is -2.08. The lowest BCUT2D eigenvalue weighted by Gasteiger charge is -2.34. The minimum atomic E-state index is -0.0594. The first kappa shape index (κ1) is 22.2. The van der Waals surface area contributed by atoms with Crippen LogP contribution < -0.4 is 16.0 Å². The van der Waals surface area contributed by atoms with Gasteiger partial charge >= 0.3 is 0 Å². The number of guanidine groups is 1. The van der Waals surface area contributed by atoms with Crippen molar-refractivity contribution in [3.8, 4) is 0 Å². The van der Waals surface area contributed by atoms with Gasteiger partial charge in [0, 0.05) is 38.8 Å². The molecule has 0 spiro atoms.